The Balaban J connectivity index is 1.95. The molecule has 0 amide bonds. The summed E-state index contributed by atoms with van der Waals surface area (Å²) in [6, 6.07) is 7.42. The van der Waals surface area contributed by atoms with Crippen LogP contribution in [0.2, 0.25) is 0 Å². The second-order valence-electron chi connectivity index (χ2n) is 4.89. The van der Waals surface area contributed by atoms with Crippen molar-refractivity contribution in [2.45, 2.75) is 26.0 Å². The summed E-state index contributed by atoms with van der Waals surface area (Å²) in [6.07, 6.45) is 1.35. The first kappa shape index (κ1) is 13.6. The highest BCUT2D eigenvalue weighted by molar-refractivity contribution is 6.58. The van der Waals surface area contributed by atoms with Gasteiger partial charge in [0.25, 0.3) is 0 Å². The Morgan fingerprint density at radius 2 is 2.06 bits per heavy atom. The van der Waals surface area contributed by atoms with E-state index in [-0.39, 0.29) is 6.10 Å². The van der Waals surface area contributed by atoms with Crippen LogP contribution < -0.4 is 5.46 Å². The summed E-state index contributed by atoms with van der Waals surface area (Å²) < 4.78 is 5.61. The van der Waals surface area contributed by atoms with Crippen molar-refractivity contribution < 1.29 is 14.8 Å². The highest BCUT2D eigenvalue weighted by Crippen LogP contribution is 2.10. The number of hydrogen-bond donors (Lipinski definition) is 2. The Hall–Kier alpha value is -0.875. The summed E-state index contributed by atoms with van der Waals surface area (Å²) in [5.41, 5.74) is 1.72. The van der Waals surface area contributed by atoms with Gasteiger partial charge in [0.1, 0.15) is 0 Å². The summed E-state index contributed by atoms with van der Waals surface area (Å²) in [7, 11) is -1.38. The molecule has 1 aliphatic rings. The van der Waals surface area contributed by atoms with E-state index in [1.807, 2.05) is 12.1 Å². The lowest BCUT2D eigenvalue weighted by Crippen LogP contribution is -2.31. The molecule has 18 heavy (non-hydrogen) atoms. The Bertz CT molecular complexity index is 369. The van der Waals surface area contributed by atoms with E-state index in [0.717, 1.165) is 32.7 Å². The second kappa shape index (κ2) is 6.34. The van der Waals surface area contributed by atoms with E-state index >= 15 is 0 Å². The van der Waals surface area contributed by atoms with Crippen molar-refractivity contribution in [2.24, 2.45) is 0 Å². The maximum Gasteiger partial charge on any atom is 0.488 e. The lowest BCUT2D eigenvalue weighted by atomic mass is 9.80. The van der Waals surface area contributed by atoms with Gasteiger partial charge >= 0.3 is 7.12 Å². The molecule has 0 aromatic heterocycles. The molecule has 0 spiro atoms. The second-order valence-corrected chi connectivity index (χ2v) is 4.89. The first-order valence-electron chi connectivity index (χ1n) is 6.44. The van der Waals surface area contributed by atoms with Crippen LogP contribution >= 0.6 is 0 Å². The molecule has 1 aromatic carbocycles. The highest BCUT2D eigenvalue weighted by Gasteiger charge is 2.15. The molecule has 5 heteroatoms. The smallest absolute Gasteiger partial charge is 0.423 e. The first-order valence-corrected chi connectivity index (χ1v) is 6.44. The van der Waals surface area contributed by atoms with E-state index in [4.69, 9.17) is 14.8 Å². The molecule has 1 atom stereocenters. The third-order valence-corrected chi connectivity index (χ3v) is 3.22. The fourth-order valence-electron chi connectivity index (χ4n) is 2.28. The monoisotopic (exact) mass is 249 g/mol. The Morgan fingerprint density at radius 3 is 2.72 bits per heavy atom. The van der Waals surface area contributed by atoms with Gasteiger partial charge in [-0.1, -0.05) is 24.3 Å². The number of hydrogen-bond acceptors (Lipinski definition) is 4. The van der Waals surface area contributed by atoms with Crippen LogP contribution in [0, 0.1) is 0 Å². The summed E-state index contributed by atoms with van der Waals surface area (Å²) in [5, 5.41) is 18.1. The molecule has 0 radical (unpaired) electrons. The minimum atomic E-state index is -1.38. The molecule has 98 valence electrons. The minimum Gasteiger partial charge on any atom is -0.423 e. The zero-order valence-electron chi connectivity index (χ0n) is 10.7. The number of ether oxygens (including phenoxy) is 1. The van der Waals surface area contributed by atoms with Crippen LogP contribution in [0.5, 0.6) is 0 Å². The maximum absolute atomic E-state index is 9.04. The minimum absolute atomic E-state index is 0.283. The van der Waals surface area contributed by atoms with E-state index in [0.29, 0.717) is 5.46 Å². The van der Waals surface area contributed by atoms with Crippen molar-refractivity contribution in [1.82, 2.24) is 4.90 Å². The van der Waals surface area contributed by atoms with Gasteiger partial charge in [-0.2, -0.15) is 0 Å². The van der Waals surface area contributed by atoms with Gasteiger partial charge < -0.3 is 14.8 Å². The van der Waals surface area contributed by atoms with Gasteiger partial charge in [0.15, 0.2) is 0 Å². The predicted molar refractivity (Wildman–Crippen MR) is 71.6 cm³/mol. The molecule has 1 aromatic rings. The summed E-state index contributed by atoms with van der Waals surface area (Å²) in [5.74, 6) is 0. The van der Waals surface area contributed by atoms with E-state index in [1.165, 1.54) is 5.56 Å². The van der Waals surface area contributed by atoms with Gasteiger partial charge in [0.05, 0.1) is 6.10 Å². The number of nitrogens with zero attached hydrogens (tertiary/aromatic N) is 1. The van der Waals surface area contributed by atoms with Crippen LogP contribution in [0.25, 0.3) is 0 Å². The van der Waals surface area contributed by atoms with Crippen molar-refractivity contribution in [2.75, 3.05) is 19.7 Å². The zero-order valence-corrected chi connectivity index (χ0v) is 10.7. The largest absolute Gasteiger partial charge is 0.488 e. The van der Waals surface area contributed by atoms with Crippen LogP contribution in [-0.2, 0) is 11.3 Å². The first-order chi connectivity index (χ1) is 8.65. The summed E-state index contributed by atoms with van der Waals surface area (Å²) in [4.78, 5) is 2.38. The molecule has 1 fully saturated rings. The van der Waals surface area contributed by atoms with Crippen LogP contribution in [0.1, 0.15) is 18.9 Å². The molecule has 1 heterocycles. The molecular weight excluding hydrogens is 229 g/mol. The molecule has 2 rings (SSSR count). The van der Waals surface area contributed by atoms with Crippen molar-refractivity contribution in [3.63, 3.8) is 0 Å². The summed E-state index contributed by atoms with van der Waals surface area (Å²) in [6.45, 7) is 5.82. The van der Waals surface area contributed by atoms with Gasteiger partial charge in [0, 0.05) is 26.2 Å². The number of rotatable bonds is 3. The van der Waals surface area contributed by atoms with E-state index < -0.39 is 7.12 Å². The topological polar surface area (TPSA) is 52.9 Å². The van der Waals surface area contributed by atoms with Gasteiger partial charge in [0.2, 0.25) is 0 Å². The lowest BCUT2D eigenvalue weighted by molar-refractivity contribution is 0.0668. The molecular formula is C13H20BNO3. The van der Waals surface area contributed by atoms with Gasteiger partial charge in [-0.05, 0) is 24.4 Å². The molecule has 4 nitrogen and oxygen atoms in total. The lowest BCUT2D eigenvalue weighted by Gasteiger charge is -2.21. The van der Waals surface area contributed by atoms with Gasteiger partial charge in [-0.15, -0.1) is 0 Å². The number of benzene rings is 1. The van der Waals surface area contributed by atoms with Crippen LogP contribution in [0.4, 0.5) is 0 Å². The zero-order chi connectivity index (χ0) is 13.0. The standard InChI is InChI=1S/C13H20BNO3/c1-11-9-15(7-2-8-18-11)10-12-3-5-13(6-4-12)14(16)17/h3-6,11,16-17H,2,7-10H2,1H3. The maximum atomic E-state index is 9.04. The highest BCUT2D eigenvalue weighted by atomic mass is 16.5. The Kier molecular flexibility index (Phi) is 4.77. The third kappa shape index (κ3) is 3.81. The van der Waals surface area contributed by atoms with Crippen molar-refractivity contribution >= 4 is 12.6 Å². The average molecular weight is 249 g/mol. The van der Waals surface area contributed by atoms with Crippen molar-refractivity contribution in [3.05, 3.63) is 29.8 Å². The van der Waals surface area contributed by atoms with E-state index in [1.54, 1.807) is 12.1 Å². The normalized spacial score (nSPS) is 21.6. The molecule has 0 saturated carbocycles. The van der Waals surface area contributed by atoms with Crippen LogP contribution in [-0.4, -0.2) is 47.9 Å². The quantitative estimate of drug-likeness (QED) is 0.739. The molecule has 0 aliphatic carbocycles. The fourth-order valence-corrected chi connectivity index (χ4v) is 2.28. The molecule has 1 aliphatic heterocycles. The average Bonchev–Trinajstić information content (AvgIpc) is 2.54. The SMILES string of the molecule is CC1CN(Cc2ccc(B(O)O)cc2)CCCO1. The third-order valence-electron chi connectivity index (χ3n) is 3.22. The Labute approximate surface area is 108 Å². The fraction of sp³-hybridized carbons (Fsp3) is 0.538. The predicted octanol–water partition coefficient (Wildman–Crippen LogP) is -0.0228. The van der Waals surface area contributed by atoms with Crippen LogP contribution in [0.15, 0.2) is 24.3 Å². The van der Waals surface area contributed by atoms with Crippen LogP contribution in [0.3, 0.4) is 0 Å². The Morgan fingerprint density at radius 1 is 1.33 bits per heavy atom. The van der Waals surface area contributed by atoms with E-state index in [9.17, 15) is 0 Å². The molecule has 0 bridgehead atoms. The van der Waals surface area contributed by atoms with Gasteiger partial charge in [-0.3, -0.25) is 4.90 Å². The molecule has 1 unspecified atom stereocenters. The summed E-state index contributed by atoms with van der Waals surface area (Å²) >= 11 is 0. The van der Waals surface area contributed by atoms with Gasteiger partial charge in [-0.25, -0.2) is 0 Å². The van der Waals surface area contributed by atoms with Crippen molar-refractivity contribution in [1.29, 1.82) is 0 Å². The van der Waals surface area contributed by atoms with E-state index in [2.05, 4.69) is 11.8 Å². The molecule has 1 saturated heterocycles. The van der Waals surface area contributed by atoms with Crippen molar-refractivity contribution in [3.8, 4) is 0 Å². The molecule has 2 N–H and O–H groups in total.